The largest absolute Gasteiger partial charge is 0.368 e. The van der Waals surface area contributed by atoms with Crippen molar-refractivity contribution >= 4 is 32.5 Å². The summed E-state index contributed by atoms with van der Waals surface area (Å²) in [5.74, 6) is 0.439. The van der Waals surface area contributed by atoms with Crippen LogP contribution in [0.3, 0.4) is 0 Å². The van der Waals surface area contributed by atoms with Crippen LogP contribution in [0.25, 0.3) is 32.6 Å². The number of hydrogen-bond donors (Lipinski definition) is 3. The summed E-state index contributed by atoms with van der Waals surface area (Å²) in [6.45, 7) is 5.77. The maximum Gasteiger partial charge on any atom is 0.183 e. The molecule has 7 heteroatoms. The van der Waals surface area contributed by atoms with E-state index in [0.29, 0.717) is 17.1 Å². The molecule has 0 bridgehead atoms. The first-order valence-corrected chi connectivity index (χ1v) is 10.2. The molecule has 0 unspecified atom stereocenters. The molecule has 0 fully saturated rings. The van der Waals surface area contributed by atoms with Crippen LogP contribution in [-0.2, 0) is 0 Å². The van der Waals surface area contributed by atoms with Crippen molar-refractivity contribution in [3.8, 4) is 22.4 Å². The number of halogens is 1. The molecule has 28 heavy (non-hydrogen) atoms. The summed E-state index contributed by atoms with van der Waals surface area (Å²) < 4.78 is 15.5. The number of nitrogens with one attached hydrogen (secondary N) is 3. The molecule has 3 N–H and O–H groups in total. The quantitative estimate of drug-likeness (QED) is 0.373. The van der Waals surface area contributed by atoms with E-state index in [1.807, 2.05) is 25.1 Å². The van der Waals surface area contributed by atoms with E-state index < -0.39 is 0 Å². The lowest BCUT2D eigenvalue weighted by Gasteiger charge is -2.08. The third-order valence-corrected chi connectivity index (χ3v) is 5.43. The first kappa shape index (κ1) is 18.4. The number of anilines is 2. The summed E-state index contributed by atoms with van der Waals surface area (Å²) >= 11 is 1.63. The molecule has 0 radical (unpaired) electrons. The van der Waals surface area contributed by atoms with E-state index in [0.717, 1.165) is 46.0 Å². The van der Waals surface area contributed by atoms with Crippen molar-refractivity contribution in [2.24, 2.45) is 0 Å². The molecule has 2 aromatic carbocycles. The van der Waals surface area contributed by atoms with Crippen LogP contribution in [0.15, 0.2) is 42.5 Å². The van der Waals surface area contributed by atoms with Crippen molar-refractivity contribution in [2.45, 2.75) is 20.3 Å². The van der Waals surface area contributed by atoms with Gasteiger partial charge in [0.2, 0.25) is 0 Å². The van der Waals surface area contributed by atoms with Gasteiger partial charge in [0.15, 0.2) is 10.9 Å². The molecule has 0 aliphatic heterocycles. The average Bonchev–Trinajstić information content (AvgIpc) is 3.30. The number of hydrogen-bond acceptors (Lipinski definition) is 5. The highest BCUT2D eigenvalue weighted by Crippen LogP contribution is 2.39. The van der Waals surface area contributed by atoms with Crippen LogP contribution >= 0.6 is 11.3 Å². The lowest BCUT2D eigenvalue weighted by Crippen LogP contribution is -1.98. The minimum atomic E-state index is -0.277. The summed E-state index contributed by atoms with van der Waals surface area (Å²) in [5, 5.41) is 15.0. The summed E-state index contributed by atoms with van der Waals surface area (Å²) in [5.41, 5.74) is 3.96. The fourth-order valence-electron chi connectivity index (χ4n) is 3.16. The van der Waals surface area contributed by atoms with Crippen LogP contribution in [0.4, 0.5) is 15.3 Å². The first-order chi connectivity index (χ1) is 13.7. The van der Waals surface area contributed by atoms with E-state index in [2.05, 4.69) is 38.8 Å². The van der Waals surface area contributed by atoms with Crippen molar-refractivity contribution in [1.82, 2.24) is 15.2 Å². The Morgan fingerprint density at radius 3 is 2.75 bits per heavy atom. The lowest BCUT2D eigenvalue weighted by molar-refractivity contribution is 0.630. The monoisotopic (exact) mass is 395 g/mol. The number of fused-ring (bicyclic) bond motifs is 1. The summed E-state index contributed by atoms with van der Waals surface area (Å²) in [7, 11) is 0. The number of thiazole rings is 1. The van der Waals surface area contributed by atoms with Crippen molar-refractivity contribution in [1.29, 1.82) is 0 Å². The molecule has 0 aliphatic carbocycles. The molecule has 4 aromatic rings. The Labute approximate surface area is 167 Å². The van der Waals surface area contributed by atoms with E-state index in [1.165, 1.54) is 6.07 Å². The maximum absolute atomic E-state index is 14.5. The highest BCUT2D eigenvalue weighted by Gasteiger charge is 2.19. The number of nitrogens with zero attached hydrogens (tertiary/aromatic N) is 2. The molecule has 0 atom stereocenters. The van der Waals surface area contributed by atoms with E-state index in [4.69, 9.17) is 0 Å². The number of H-pyrrole nitrogens is 1. The van der Waals surface area contributed by atoms with Crippen LogP contribution in [0.5, 0.6) is 0 Å². The van der Waals surface area contributed by atoms with Gasteiger partial charge in [0.1, 0.15) is 5.82 Å². The highest BCUT2D eigenvalue weighted by molar-refractivity contribution is 7.22. The van der Waals surface area contributed by atoms with Gasteiger partial charge in [0.25, 0.3) is 0 Å². The topological polar surface area (TPSA) is 65.6 Å². The van der Waals surface area contributed by atoms with E-state index in [-0.39, 0.29) is 5.82 Å². The molecule has 0 aliphatic rings. The van der Waals surface area contributed by atoms with Crippen molar-refractivity contribution in [3.63, 3.8) is 0 Å². The fraction of sp³-hybridized carbons (Fsp3) is 0.238. The number of benzene rings is 2. The summed E-state index contributed by atoms with van der Waals surface area (Å²) in [6.07, 6.45) is 1.05. The van der Waals surface area contributed by atoms with Gasteiger partial charge in [-0.1, -0.05) is 36.5 Å². The fourth-order valence-corrected chi connectivity index (χ4v) is 4.10. The van der Waals surface area contributed by atoms with Gasteiger partial charge < -0.3 is 10.6 Å². The molecule has 0 spiro atoms. The van der Waals surface area contributed by atoms with Crippen LogP contribution in [-0.4, -0.2) is 28.3 Å². The predicted molar refractivity (Wildman–Crippen MR) is 116 cm³/mol. The van der Waals surface area contributed by atoms with Crippen LogP contribution in [0.1, 0.15) is 20.3 Å². The molecule has 5 nitrogen and oxygen atoms in total. The predicted octanol–water partition coefficient (Wildman–Crippen LogP) is 5.75. The van der Waals surface area contributed by atoms with Gasteiger partial charge in [-0.3, -0.25) is 5.10 Å². The van der Waals surface area contributed by atoms with E-state index in [9.17, 15) is 4.39 Å². The van der Waals surface area contributed by atoms with Crippen LogP contribution in [0, 0.1) is 5.82 Å². The van der Waals surface area contributed by atoms with Gasteiger partial charge in [-0.05, 0) is 43.2 Å². The summed E-state index contributed by atoms with van der Waals surface area (Å²) in [6, 6.07) is 12.9. The van der Waals surface area contributed by atoms with Crippen molar-refractivity contribution in [2.75, 3.05) is 23.7 Å². The molecule has 0 amide bonds. The Morgan fingerprint density at radius 1 is 1.11 bits per heavy atom. The van der Waals surface area contributed by atoms with Gasteiger partial charge in [-0.15, -0.1) is 0 Å². The molecule has 0 saturated carbocycles. The van der Waals surface area contributed by atoms with Gasteiger partial charge in [-0.25, -0.2) is 9.37 Å². The molecular formula is C21H22FN5S. The van der Waals surface area contributed by atoms with Crippen molar-refractivity contribution < 1.29 is 4.39 Å². The van der Waals surface area contributed by atoms with Gasteiger partial charge in [0.05, 0.1) is 21.5 Å². The van der Waals surface area contributed by atoms with Gasteiger partial charge >= 0.3 is 0 Å². The third-order valence-electron chi connectivity index (χ3n) is 4.46. The molecular weight excluding hydrogens is 373 g/mol. The van der Waals surface area contributed by atoms with Gasteiger partial charge in [0, 0.05) is 18.7 Å². The zero-order chi connectivity index (χ0) is 19.5. The molecule has 2 aromatic heterocycles. The maximum atomic E-state index is 14.5. The van der Waals surface area contributed by atoms with Crippen LogP contribution < -0.4 is 10.6 Å². The second kappa shape index (κ2) is 7.98. The number of aromatic nitrogens is 3. The Kier molecular flexibility index (Phi) is 5.25. The SMILES string of the molecule is CCCNc1nc2ccc(-c3c(NCC)n[nH]c3-c3ccccc3F)cc2s1. The van der Waals surface area contributed by atoms with E-state index >= 15 is 0 Å². The Morgan fingerprint density at radius 2 is 1.96 bits per heavy atom. The van der Waals surface area contributed by atoms with Crippen LogP contribution in [0.2, 0.25) is 0 Å². The Bertz CT molecular complexity index is 1100. The Balaban J connectivity index is 1.83. The highest BCUT2D eigenvalue weighted by atomic mass is 32.1. The second-order valence-electron chi connectivity index (χ2n) is 6.46. The zero-order valence-electron chi connectivity index (χ0n) is 15.8. The smallest absolute Gasteiger partial charge is 0.183 e. The minimum Gasteiger partial charge on any atom is -0.368 e. The normalized spacial score (nSPS) is 11.1. The van der Waals surface area contributed by atoms with Crippen molar-refractivity contribution in [3.05, 3.63) is 48.3 Å². The number of aromatic amines is 1. The molecule has 0 saturated heterocycles. The third kappa shape index (κ3) is 3.45. The molecule has 144 valence electrons. The average molecular weight is 396 g/mol. The zero-order valence-corrected chi connectivity index (χ0v) is 16.7. The molecule has 4 rings (SSSR count). The minimum absolute atomic E-state index is 0.277. The van der Waals surface area contributed by atoms with E-state index in [1.54, 1.807) is 23.5 Å². The molecule has 2 heterocycles. The second-order valence-corrected chi connectivity index (χ2v) is 7.49. The Hall–Kier alpha value is -2.93. The number of rotatable bonds is 7. The lowest BCUT2D eigenvalue weighted by atomic mass is 10.00. The standard InChI is InChI=1S/C21H22FN5S/c1-3-11-24-21-25-16-10-9-13(12-17(16)28-21)18-19(26-27-20(18)23-4-2)14-7-5-6-8-15(14)22/h5-10,12H,3-4,11H2,1-2H3,(H,24,25)(H2,23,26,27). The van der Waals surface area contributed by atoms with Gasteiger partial charge in [-0.2, -0.15) is 5.10 Å². The summed E-state index contributed by atoms with van der Waals surface area (Å²) in [4.78, 5) is 4.63. The first-order valence-electron chi connectivity index (χ1n) is 9.43.